The van der Waals surface area contributed by atoms with Crippen LogP contribution in [0.3, 0.4) is 0 Å². The van der Waals surface area contributed by atoms with E-state index in [2.05, 4.69) is 0 Å². The summed E-state index contributed by atoms with van der Waals surface area (Å²) in [6.45, 7) is 0. The van der Waals surface area contributed by atoms with Gasteiger partial charge in [0.15, 0.2) is 9.84 Å². The van der Waals surface area contributed by atoms with E-state index in [-0.39, 0.29) is 10.8 Å². The van der Waals surface area contributed by atoms with Crippen LogP contribution in [0.5, 0.6) is 0 Å². The monoisotopic (exact) mass is 334 g/mol. The Hall–Kier alpha value is -1.62. The molecule has 0 amide bonds. The molecule has 3 rings (SSSR count). The first kappa shape index (κ1) is 16.2. The molecule has 1 aromatic rings. The van der Waals surface area contributed by atoms with E-state index in [1.54, 1.807) is 24.3 Å². The fourth-order valence-electron chi connectivity index (χ4n) is 3.35. The van der Waals surface area contributed by atoms with Crippen molar-refractivity contribution in [3.63, 3.8) is 0 Å². The van der Waals surface area contributed by atoms with Crippen LogP contribution in [-0.2, 0) is 14.6 Å². The summed E-state index contributed by atoms with van der Waals surface area (Å²) in [6.07, 6.45) is 8.62. The molecule has 0 saturated heterocycles. The third kappa shape index (κ3) is 3.34. The van der Waals surface area contributed by atoms with E-state index in [4.69, 9.17) is 0 Å². The minimum absolute atomic E-state index is 0.263. The van der Waals surface area contributed by atoms with Gasteiger partial charge in [-0.2, -0.15) is 0 Å². The van der Waals surface area contributed by atoms with Crippen LogP contribution in [0.4, 0.5) is 0 Å². The van der Waals surface area contributed by atoms with Crippen LogP contribution in [0.1, 0.15) is 50.5 Å². The minimum Gasteiger partial charge on any atom is -0.478 e. The van der Waals surface area contributed by atoms with Crippen LogP contribution in [0.2, 0.25) is 0 Å². The van der Waals surface area contributed by atoms with E-state index >= 15 is 0 Å². The molecular formula is C18H22O4S. The second-order valence-corrected chi connectivity index (χ2v) is 8.78. The van der Waals surface area contributed by atoms with Gasteiger partial charge in [-0.05, 0) is 49.3 Å². The molecular weight excluding hydrogens is 312 g/mol. The standard InChI is InChI=1S/C18H22O4S/c19-18(20)17(12-13-4-1-2-5-13)14-8-10-16(11-9-14)23(21,22)15-6-3-7-15/h8-13,15H,1-7H2,(H,19,20)/b17-12+. The Balaban J connectivity index is 1.86. The van der Waals surface area contributed by atoms with Crippen molar-refractivity contribution in [2.24, 2.45) is 5.92 Å². The molecule has 124 valence electrons. The molecule has 2 fully saturated rings. The molecule has 0 heterocycles. The Morgan fingerprint density at radius 3 is 2.09 bits per heavy atom. The predicted octanol–water partition coefficient (Wildman–Crippen LogP) is 3.67. The normalized spacial score (nSPS) is 20.4. The largest absolute Gasteiger partial charge is 0.478 e. The summed E-state index contributed by atoms with van der Waals surface area (Å²) < 4.78 is 24.8. The number of carbonyl (C=O) groups is 1. The van der Waals surface area contributed by atoms with Crippen LogP contribution < -0.4 is 0 Å². The van der Waals surface area contributed by atoms with Gasteiger partial charge in [0.25, 0.3) is 0 Å². The van der Waals surface area contributed by atoms with Gasteiger partial charge in [0.2, 0.25) is 0 Å². The first-order valence-electron chi connectivity index (χ1n) is 8.28. The lowest BCUT2D eigenvalue weighted by molar-refractivity contribution is -0.130. The molecule has 4 nitrogen and oxygen atoms in total. The van der Waals surface area contributed by atoms with Gasteiger partial charge in [-0.1, -0.05) is 37.5 Å². The predicted molar refractivity (Wildman–Crippen MR) is 88.8 cm³/mol. The Bertz CT molecular complexity index is 706. The number of sulfone groups is 1. The van der Waals surface area contributed by atoms with Crippen molar-refractivity contribution in [1.29, 1.82) is 0 Å². The molecule has 0 atom stereocenters. The van der Waals surface area contributed by atoms with E-state index < -0.39 is 15.8 Å². The summed E-state index contributed by atoms with van der Waals surface area (Å²) in [4.78, 5) is 11.8. The molecule has 0 aliphatic heterocycles. The maximum Gasteiger partial charge on any atom is 0.335 e. The molecule has 0 unspecified atom stereocenters. The molecule has 2 aliphatic rings. The van der Waals surface area contributed by atoms with Crippen LogP contribution in [0, 0.1) is 5.92 Å². The summed E-state index contributed by atoms with van der Waals surface area (Å²) in [7, 11) is -3.25. The lowest BCUT2D eigenvalue weighted by Crippen LogP contribution is -2.28. The van der Waals surface area contributed by atoms with Crippen LogP contribution in [-0.4, -0.2) is 24.7 Å². The second-order valence-electron chi connectivity index (χ2n) is 6.55. The average Bonchev–Trinajstić information content (AvgIpc) is 2.95. The quantitative estimate of drug-likeness (QED) is 0.834. The lowest BCUT2D eigenvalue weighted by Gasteiger charge is -2.25. The molecule has 1 N–H and O–H groups in total. The van der Waals surface area contributed by atoms with Crippen molar-refractivity contribution in [3.05, 3.63) is 35.9 Å². The maximum absolute atomic E-state index is 12.4. The van der Waals surface area contributed by atoms with Crippen molar-refractivity contribution >= 4 is 21.4 Å². The number of rotatable bonds is 5. The fourth-order valence-corrected chi connectivity index (χ4v) is 5.20. The highest BCUT2D eigenvalue weighted by Crippen LogP contribution is 2.32. The topological polar surface area (TPSA) is 71.4 Å². The van der Waals surface area contributed by atoms with Crippen molar-refractivity contribution in [2.45, 2.75) is 55.1 Å². The number of hydrogen-bond acceptors (Lipinski definition) is 3. The maximum atomic E-state index is 12.4. The fraction of sp³-hybridized carbons (Fsp3) is 0.500. The summed E-state index contributed by atoms with van der Waals surface area (Å²) >= 11 is 0. The molecule has 0 aromatic heterocycles. The summed E-state index contributed by atoms with van der Waals surface area (Å²) in [5, 5.41) is 9.20. The zero-order valence-corrected chi connectivity index (χ0v) is 13.9. The van der Waals surface area contributed by atoms with E-state index in [1.165, 1.54) is 0 Å². The number of benzene rings is 1. The third-order valence-electron chi connectivity index (χ3n) is 5.02. The number of hydrogen-bond donors (Lipinski definition) is 1. The second kappa shape index (κ2) is 6.48. The molecule has 0 bridgehead atoms. The Morgan fingerprint density at radius 2 is 1.61 bits per heavy atom. The van der Waals surface area contributed by atoms with Gasteiger partial charge in [0.1, 0.15) is 0 Å². The Labute approximate surface area is 137 Å². The smallest absolute Gasteiger partial charge is 0.335 e. The molecule has 2 aliphatic carbocycles. The van der Waals surface area contributed by atoms with Crippen molar-refractivity contribution < 1.29 is 18.3 Å². The van der Waals surface area contributed by atoms with Crippen LogP contribution in [0.15, 0.2) is 35.2 Å². The number of aliphatic carboxylic acids is 1. The third-order valence-corrected chi connectivity index (χ3v) is 7.30. The summed E-state index contributed by atoms with van der Waals surface area (Å²) in [5.74, 6) is -0.633. The molecule has 0 spiro atoms. The summed E-state index contributed by atoms with van der Waals surface area (Å²) in [6, 6.07) is 6.35. The first-order valence-corrected chi connectivity index (χ1v) is 9.82. The van der Waals surface area contributed by atoms with Crippen molar-refractivity contribution in [1.82, 2.24) is 0 Å². The highest BCUT2D eigenvalue weighted by molar-refractivity contribution is 7.92. The number of carboxylic acids is 1. The highest BCUT2D eigenvalue weighted by Gasteiger charge is 2.32. The molecule has 5 heteroatoms. The van der Waals surface area contributed by atoms with Gasteiger partial charge in [-0.3, -0.25) is 0 Å². The van der Waals surface area contributed by atoms with Crippen LogP contribution >= 0.6 is 0 Å². The Morgan fingerprint density at radius 1 is 1.00 bits per heavy atom. The van der Waals surface area contributed by atoms with Gasteiger partial charge in [-0.15, -0.1) is 0 Å². The van der Waals surface area contributed by atoms with Gasteiger partial charge in [0.05, 0.1) is 15.7 Å². The van der Waals surface area contributed by atoms with Gasteiger partial charge < -0.3 is 5.11 Å². The van der Waals surface area contributed by atoms with E-state index in [1.807, 2.05) is 6.08 Å². The Kier molecular flexibility index (Phi) is 4.57. The van der Waals surface area contributed by atoms with E-state index in [0.29, 0.717) is 16.4 Å². The zero-order valence-electron chi connectivity index (χ0n) is 13.1. The minimum atomic E-state index is -3.25. The van der Waals surface area contributed by atoms with Crippen molar-refractivity contribution in [2.75, 3.05) is 0 Å². The van der Waals surface area contributed by atoms with Gasteiger partial charge >= 0.3 is 5.97 Å². The number of allylic oxidation sites excluding steroid dienone is 1. The average molecular weight is 334 g/mol. The van der Waals surface area contributed by atoms with Gasteiger partial charge in [-0.25, -0.2) is 13.2 Å². The van der Waals surface area contributed by atoms with E-state index in [9.17, 15) is 18.3 Å². The number of carboxylic acid groups (broad SMARTS) is 1. The zero-order chi connectivity index (χ0) is 16.4. The first-order chi connectivity index (χ1) is 11.0. The molecule has 2 saturated carbocycles. The highest BCUT2D eigenvalue weighted by atomic mass is 32.2. The van der Waals surface area contributed by atoms with Crippen LogP contribution in [0.25, 0.3) is 5.57 Å². The van der Waals surface area contributed by atoms with E-state index in [0.717, 1.165) is 44.9 Å². The molecule has 0 radical (unpaired) electrons. The lowest BCUT2D eigenvalue weighted by atomic mass is 9.99. The van der Waals surface area contributed by atoms with Gasteiger partial charge in [0, 0.05) is 0 Å². The summed E-state index contributed by atoms with van der Waals surface area (Å²) in [5.41, 5.74) is 0.862. The van der Waals surface area contributed by atoms with Crippen molar-refractivity contribution in [3.8, 4) is 0 Å². The molecule has 23 heavy (non-hydrogen) atoms. The molecule has 1 aromatic carbocycles. The SMILES string of the molecule is O=C(O)/C(=C/C1CCCC1)c1ccc(S(=O)(=O)C2CCC2)cc1.